The smallest absolute Gasteiger partial charge is 0.302 e. The van der Waals surface area contributed by atoms with Crippen molar-refractivity contribution in [1.82, 2.24) is 0 Å². The number of rotatable bonds is 3. The molecule has 1 radical (unpaired) electrons. The molecule has 0 aromatic rings. The quantitative estimate of drug-likeness (QED) is 0.622. The van der Waals surface area contributed by atoms with Gasteiger partial charge in [0.15, 0.2) is 6.29 Å². The van der Waals surface area contributed by atoms with Crippen LogP contribution in [0, 0.1) is 5.92 Å². The molecule has 1 saturated heterocycles. The molecule has 1 fully saturated rings. The second-order valence-corrected chi connectivity index (χ2v) is 3.32. The summed E-state index contributed by atoms with van der Waals surface area (Å²) in [6, 6.07) is 0. The fourth-order valence-electron chi connectivity index (χ4n) is 1.46. The van der Waals surface area contributed by atoms with Crippen LogP contribution in [0.15, 0.2) is 0 Å². The van der Waals surface area contributed by atoms with Gasteiger partial charge in [0.2, 0.25) is 0 Å². The number of carbonyl (C=O) groups is 1. The van der Waals surface area contributed by atoms with Crippen LogP contribution in [0.3, 0.4) is 0 Å². The highest BCUT2D eigenvalue weighted by Crippen LogP contribution is 2.21. The summed E-state index contributed by atoms with van der Waals surface area (Å²) in [5.41, 5.74) is 0. The standard InChI is InChI=1S/C9H15O4/c1-7(10)12-4-2-8-3-5-13-9(11)6-8/h8-9H,2-6H2,1H3. The van der Waals surface area contributed by atoms with E-state index in [-0.39, 0.29) is 5.97 Å². The Labute approximate surface area is 77.8 Å². The van der Waals surface area contributed by atoms with Crippen molar-refractivity contribution in [3.63, 3.8) is 0 Å². The Morgan fingerprint density at radius 1 is 1.62 bits per heavy atom. The molecule has 4 nitrogen and oxygen atoms in total. The van der Waals surface area contributed by atoms with Crippen LogP contribution in [0.25, 0.3) is 0 Å². The van der Waals surface area contributed by atoms with Crippen LogP contribution in [0.4, 0.5) is 0 Å². The number of hydrogen-bond donors (Lipinski definition) is 0. The predicted molar refractivity (Wildman–Crippen MR) is 44.4 cm³/mol. The van der Waals surface area contributed by atoms with Crippen molar-refractivity contribution in [3.8, 4) is 0 Å². The minimum Gasteiger partial charge on any atom is -0.466 e. The Hall–Kier alpha value is -0.610. The Bertz CT molecular complexity index is 169. The Balaban J connectivity index is 2.10. The van der Waals surface area contributed by atoms with Crippen molar-refractivity contribution in [1.29, 1.82) is 0 Å². The van der Waals surface area contributed by atoms with Crippen molar-refractivity contribution < 1.29 is 19.4 Å². The number of ether oxygens (including phenoxy) is 2. The second kappa shape index (κ2) is 5.19. The fourth-order valence-corrected chi connectivity index (χ4v) is 1.46. The van der Waals surface area contributed by atoms with Gasteiger partial charge in [0.25, 0.3) is 0 Å². The van der Waals surface area contributed by atoms with Gasteiger partial charge in [0, 0.05) is 13.3 Å². The van der Waals surface area contributed by atoms with Crippen molar-refractivity contribution in [2.75, 3.05) is 13.2 Å². The predicted octanol–water partition coefficient (Wildman–Crippen LogP) is 1.12. The molecule has 1 rings (SSSR count). The molecule has 0 amide bonds. The largest absolute Gasteiger partial charge is 0.466 e. The molecular weight excluding hydrogens is 172 g/mol. The van der Waals surface area contributed by atoms with Crippen LogP contribution >= 0.6 is 0 Å². The topological polar surface area (TPSA) is 55.4 Å². The van der Waals surface area contributed by atoms with Crippen LogP contribution in [-0.2, 0) is 19.4 Å². The Morgan fingerprint density at radius 2 is 2.38 bits per heavy atom. The molecule has 75 valence electrons. The second-order valence-electron chi connectivity index (χ2n) is 3.32. The molecule has 1 aliphatic heterocycles. The Kier molecular flexibility index (Phi) is 4.18. The van der Waals surface area contributed by atoms with E-state index in [1.54, 1.807) is 0 Å². The van der Waals surface area contributed by atoms with Crippen LogP contribution < -0.4 is 0 Å². The molecule has 4 heteroatoms. The molecule has 1 aliphatic rings. The number of carbonyl (C=O) groups excluding carboxylic acids is 1. The zero-order valence-corrected chi connectivity index (χ0v) is 7.82. The van der Waals surface area contributed by atoms with Crippen molar-refractivity contribution >= 4 is 5.97 Å². The van der Waals surface area contributed by atoms with E-state index in [1.165, 1.54) is 6.92 Å². The van der Waals surface area contributed by atoms with Gasteiger partial charge >= 0.3 is 5.97 Å². The number of hydrogen-bond acceptors (Lipinski definition) is 3. The average Bonchev–Trinajstić information content (AvgIpc) is 2.03. The van der Waals surface area contributed by atoms with Gasteiger partial charge < -0.3 is 9.47 Å². The van der Waals surface area contributed by atoms with E-state index >= 15 is 0 Å². The molecule has 2 unspecified atom stereocenters. The van der Waals surface area contributed by atoms with Crippen molar-refractivity contribution in [2.45, 2.75) is 32.5 Å². The zero-order valence-electron chi connectivity index (χ0n) is 7.82. The normalized spacial score (nSPS) is 28.5. The minimum atomic E-state index is -0.879. The summed E-state index contributed by atoms with van der Waals surface area (Å²) >= 11 is 0. The van der Waals surface area contributed by atoms with E-state index in [1.807, 2.05) is 0 Å². The lowest BCUT2D eigenvalue weighted by Crippen LogP contribution is -2.25. The molecular formula is C9H15O4. The van der Waals surface area contributed by atoms with Crippen molar-refractivity contribution in [2.24, 2.45) is 5.92 Å². The van der Waals surface area contributed by atoms with Gasteiger partial charge in [-0.1, -0.05) is 0 Å². The zero-order chi connectivity index (χ0) is 9.68. The first-order valence-corrected chi connectivity index (χ1v) is 4.59. The van der Waals surface area contributed by atoms with Crippen LogP contribution in [0.5, 0.6) is 0 Å². The van der Waals surface area contributed by atoms with E-state index in [2.05, 4.69) is 0 Å². The van der Waals surface area contributed by atoms with Gasteiger partial charge in [-0.2, -0.15) is 0 Å². The third-order valence-electron chi connectivity index (χ3n) is 2.19. The van der Waals surface area contributed by atoms with Gasteiger partial charge in [0.1, 0.15) is 0 Å². The third kappa shape index (κ3) is 4.24. The monoisotopic (exact) mass is 187 g/mol. The summed E-state index contributed by atoms with van der Waals surface area (Å²) in [6.07, 6.45) is 1.35. The van der Waals surface area contributed by atoms with Crippen molar-refractivity contribution in [3.05, 3.63) is 0 Å². The lowest BCUT2D eigenvalue weighted by Gasteiger charge is -2.24. The molecule has 13 heavy (non-hydrogen) atoms. The molecule has 0 aromatic carbocycles. The lowest BCUT2D eigenvalue weighted by atomic mass is 9.96. The average molecular weight is 187 g/mol. The van der Waals surface area contributed by atoms with Gasteiger partial charge in [-0.05, 0) is 18.8 Å². The highest BCUT2D eigenvalue weighted by molar-refractivity contribution is 5.65. The molecule has 0 aromatic heterocycles. The van der Waals surface area contributed by atoms with E-state index in [0.717, 1.165) is 12.8 Å². The van der Waals surface area contributed by atoms with E-state index in [4.69, 9.17) is 9.47 Å². The lowest BCUT2D eigenvalue weighted by molar-refractivity contribution is -0.175. The maximum absolute atomic E-state index is 10.9. The van der Waals surface area contributed by atoms with E-state index in [9.17, 15) is 9.90 Å². The van der Waals surface area contributed by atoms with E-state index in [0.29, 0.717) is 25.6 Å². The minimum absolute atomic E-state index is 0.259. The summed E-state index contributed by atoms with van der Waals surface area (Å²) in [7, 11) is 0. The fraction of sp³-hybridized carbons (Fsp3) is 0.889. The maximum atomic E-state index is 10.9. The first kappa shape index (κ1) is 10.5. The summed E-state index contributed by atoms with van der Waals surface area (Å²) < 4.78 is 9.67. The highest BCUT2D eigenvalue weighted by atomic mass is 16.6. The van der Waals surface area contributed by atoms with Crippen LogP contribution in [0.2, 0.25) is 0 Å². The molecule has 0 spiro atoms. The molecule has 1 heterocycles. The third-order valence-corrected chi connectivity index (χ3v) is 2.19. The van der Waals surface area contributed by atoms with Gasteiger partial charge in [-0.3, -0.25) is 4.79 Å². The number of esters is 1. The summed E-state index contributed by atoms with van der Waals surface area (Å²) in [4.78, 5) is 10.4. The van der Waals surface area contributed by atoms with Gasteiger partial charge in [-0.15, -0.1) is 0 Å². The van der Waals surface area contributed by atoms with Gasteiger partial charge in [-0.25, -0.2) is 5.11 Å². The van der Waals surface area contributed by atoms with E-state index < -0.39 is 6.29 Å². The molecule has 2 atom stereocenters. The summed E-state index contributed by atoms with van der Waals surface area (Å²) in [5.74, 6) is 0.0985. The maximum Gasteiger partial charge on any atom is 0.302 e. The highest BCUT2D eigenvalue weighted by Gasteiger charge is 2.21. The molecule has 0 aliphatic carbocycles. The molecule has 0 saturated carbocycles. The Morgan fingerprint density at radius 3 is 3.00 bits per heavy atom. The first-order valence-electron chi connectivity index (χ1n) is 4.59. The summed E-state index contributed by atoms with van der Waals surface area (Å²) in [5, 5.41) is 10.9. The molecule has 0 bridgehead atoms. The SMILES string of the molecule is CC(=O)OCCC1CCOC([O])C1. The summed E-state index contributed by atoms with van der Waals surface area (Å²) in [6.45, 7) is 2.35. The molecule has 0 N–H and O–H groups in total. The van der Waals surface area contributed by atoms with Crippen LogP contribution in [-0.4, -0.2) is 25.5 Å². The first-order chi connectivity index (χ1) is 6.18. The van der Waals surface area contributed by atoms with Gasteiger partial charge in [0.05, 0.1) is 13.2 Å². The van der Waals surface area contributed by atoms with Crippen LogP contribution in [0.1, 0.15) is 26.2 Å².